The summed E-state index contributed by atoms with van der Waals surface area (Å²) in [4.78, 5) is 8.97. The van der Waals surface area contributed by atoms with Crippen molar-refractivity contribution in [1.82, 2.24) is 19.1 Å². The summed E-state index contributed by atoms with van der Waals surface area (Å²) in [6.45, 7) is 0. The van der Waals surface area contributed by atoms with Gasteiger partial charge in [-0.05, 0) is 42.5 Å². The molecular weight excluding hydrogens is 456 g/mol. The lowest BCUT2D eigenvalue weighted by Crippen LogP contribution is -1.94. The first kappa shape index (κ1) is 20.1. The van der Waals surface area contributed by atoms with E-state index in [1.807, 2.05) is 18.2 Å². The second-order valence-corrected chi connectivity index (χ2v) is 9.12. The summed E-state index contributed by atoms with van der Waals surface area (Å²) >= 11 is 0. The van der Waals surface area contributed by atoms with Gasteiger partial charge in [0.15, 0.2) is 0 Å². The Bertz CT molecular complexity index is 2080. The zero-order chi connectivity index (χ0) is 24.3. The van der Waals surface area contributed by atoms with E-state index in [9.17, 15) is 0 Å². The molecule has 0 spiro atoms. The van der Waals surface area contributed by atoms with Crippen LogP contribution in [0.15, 0.2) is 126 Å². The molecule has 5 heteroatoms. The SMILES string of the molecule is c1ccc(-n2c3ccccc3c3ccc4c(c5ccccc5n4-c4cnc(-c5ccccn5)o4)c32)cc1. The van der Waals surface area contributed by atoms with Crippen LogP contribution in [0.25, 0.3) is 66.8 Å². The second kappa shape index (κ2) is 7.67. The minimum absolute atomic E-state index is 0.501. The van der Waals surface area contributed by atoms with E-state index >= 15 is 0 Å². The van der Waals surface area contributed by atoms with Gasteiger partial charge in [0, 0.05) is 33.4 Å². The summed E-state index contributed by atoms with van der Waals surface area (Å²) in [5, 5.41) is 4.81. The lowest BCUT2D eigenvalue weighted by atomic mass is 10.1. The van der Waals surface area contributed by atoms with Gasteiger partial charge in [-0.25, -0.2) is 4.98 Å². The average molecular weight is 477 g/mol. The van der Waals surface area contributed by atoms with Crippen LogP contribution in [0.1, 0.15) is 0 Å². The van der Waals surface area contributed by atoms with E-state index in [0.29, 0.717) is 17.5 Å². The van der Waals surface area contributed by atoms with Crippen molar-refractivity contribution in [3.8, 4) is 23.2 Å². The molecule has 0 fully saturated rings. The number of oxazole rings is 1. The van der Waals surface area contributed by atoms with Gasteiger partial charge >= 0.3 is 0 Å². The summed E-state index contributed by atoms with van der Waals surface area (Å²) < 4.78 is 10.8. The number of hydrogen-bond acceptors (Lipinski definition) is 3. The van der Waals surface area contributed by atoms with Gasteiger partial charge < -0.3 is 8.98 Å². The maximum Gasteiger partial charge on any atom is 0.247 e. The Morgan fingerprint density at radius 3 is 2.08 bits per heavy atom. The highest BCUT2D eigenvalue weighted by Gasteiger charge is 2.22. The van der Waals surface area contributed by atoms with Gasteiger partial charge in [0.05, 0.1) is 28.3 Å². The third-order valence-electron chi connectivity index (χ3n) is 7.08. The Hall–Kier alpha value is -5.16. The Balaban J connectivity index is 1.52. The van der Waals surface area contributed by atoms with Crippen LogP contribution in [0, 0.1) is 0 Å². The normalized spacial score (nSPS) is 11.8. The molecule has 4 heterocycles. The predicted molar refractivity (Wildman–Crippen MR) is 148 cm³/mol. The van der Waals surface area contributed by atoms with Gasteiger partial charge in [-0.3, -0.25) is 9.55 Å². The monoisotopic (exact) mass is 476 g/mol. The smallest absolute Gasteiger partial charge is 0.247 e. The van der Waals surface area contributed by atoms with Crippen molar-refractivity contribution in [2.45, 2.75) is 0 Å². The van der Waals surface area contributed by atoms with Crippen LogP contribution in [-0.4, -0.2) is 19.1 Å². The molecule has 174 valence electrons. The highest BCUT2D eigenvalue weighted by molar-refractivity contribution is 6.26. The molecule has 8 rings (SSSR count). The Labute approximate surface area is 211 Å². The van der Waals surface area contributed by atoms with Gasteiger partial charge in [0.2, 0.25) is 11.8 Å². The van der Waals surface area contributed by atoms with E-state index in [1.165, 1.54) is 32.6 Å². The van der Waals surface area contributed by atoms with Gasteiger partial charge in [0.1, 0.15) is 5.69 Å². The molecule has 0 radical (unpaired) electrons. The van der Waals surface area contributed by atoms with Crippen LogP contribution in [0.4, 0.5) is 0 Å². The number of benzene rings is 4. The topological polar surface area (TPSA) is 48.8 Å². The van der Waals surface area contributed by atoms with Crippen LogP contribution in [0.3, 0.4) is 0 Å². The van der Waals surface area contributed by atoms with Gasteiger partial charge in [-0.15, -0.1) is 0 Å². The maximum absolute atomic E-state index is 6.30. The fraction of sp³-hybridized carbons (Fsp3) is 0. The van der Waals surface area contributed by atoms with E-state index < -0.39 is 0 Å². The standard InChI is InChI=1S/C32H20N4O/c1-2-10-21(11-3-1)35-26-15-6-4-12-22(26)23-17-18-28-30(31(23)35)24-13-5-7-16-27(24)36(28)29-20-34-32(37-29)25-14-8-9-19-33-25/h1-20H. The van der Waals surface area contributed by atoms with Crippen molar-refractivity contribution in [3.05, 3.63) is 122 Å². The van der Waals surface area contributed by atoms with Crippen molar-refractivity contribution >= 4 is 43.6 Å². The zero-order valence-electron chi connectivity index (χ0n) is 19.7. The highest BCUT2D eigenvalue weighted by Crippen LogP contribution is 2.42. The summed E-state index contributed by atoms with van der Waals surface area (Å²) in [5.41, 5.74) is 6.35. The summed E-state index contributed by atoms with van der Waals surface area (Å²) in [5.74, 6) is 1.16. The number of pyridine rings is 1. The molecule has 0 unspecified atom stereocenters. The Kier molecular flexibility index (Phi) is 4.16. The molecule has 0 atom stereocenters. The van der Waals surface area contributed by atoms with Crippen molar-refractivity contribution in [1.29, 1.82) is 0 Å². The fourth-order valence-electron chi connectivity index (χ4n) is 5.57. The highest BCUT2D eigenvalue weighted by atomic mass is 16.4. The Morgan fingerprint density at radius 1 is 0.541 bits per heavy atom. The van der Waals surface area contributed by atoms with Crippen LogP contribution < -0.4 is 0 Å². The van der Waals surface area contributed by atoms with Crippen molar-refractivity contribution in [2.75, 3.05) is 0 Å². The number of fused-ring (bicyclic) bond motifs is 7. The molecule has 0 aliphatic heterocycles. The van der Waals surface area contributed by atoms with Crippen molar-refractivity contribution in [2.24, 2.45) is 0 Å². The van der Waals surface area contributed by atoms with E-state index in [2.05, 4.69) is 110 Å². The number of nitrogens with zero attached hydrogens (tertiary/aromatic N) is 4. The summed E-state index contributed by atoms with van der Waals surface area (Å²) in [6, 6.07) is 37.8. The first-order chi connectivity index (χ1) is 18.4. The molecule has 0 saturated heterocycles. The van der Waals surface area contributed by atoms with E-state index in [1.54, 1.807) is 12.4 Å². The van der Waals surface area contributed by atoms with Crippen LogP contribution >= 0.6 is 0 Å². The third-order valence-corrected chi connectivity index (χ3v) is 7.08. The fourth-order valence-corrected chi connectivity index (χ4v) is 5.57. The summed E-state index contributed by atoms with van der Waals surface area (Å²) in [6.07, 6.45) is 3.53. The summed E-state index contributed by atoms with van der Waals surface area (Å²) in [7, 11) is 0. The van der Waals surface area contributed by atoms with Crippen molar-refractivity contribution < 1.29 is 4.42 Å². The molecule has 0 saturated carbocycles. The number of rotatable bonds is 3. The Morgan fingerprint density at radius 2 is 1.27 bits per heavy atom. The number of hydrogen-bond donors (Lipinski definition) is 0. The third kappa shape index (κ3) is 2.85. The van der Waals surface area contributed by atoms with Crippen molar-refractivity contribution in [3.63, 3.8) is 0 Å². The first-order valence-corrected chi connectivity index (χ1v) is 12.3. The first-order valence-electron chi connectivity index (χ1n) is 12.3. The van der Waals surface area contributed by atoms with E-state index in [0.717, 1.165) is 16.7 Å². The minimum Gasteiger partial charge on any atom is -0.418 e. The second-order valence-electron chi connectivity index (χ2n) is 9.12. The molecule has 4 aromatic heterocycles. The number of aromatic nitrogens is 4. The average Bonchev–Trinajstić information content (AvgIpc) is 3.66. The predicted octanol–water partition coefficient (Wildman–Crippen LogP) is 7.93. The lowest BCUT2D eigenvalue weighted by Gasteiger charge is -2.09. The molecule has 0 aliphatic rings. The van der Waals surface area contributed by atoms with Crippen LogP contribution in [0.5, 0.6) is 0 Å². The molecule has 4 aromatic carbocycles. The maximum atomic E-state index is 6.30. The zero-order valence-corrected chi connectivity index (χ0v) is 19.7. The van der Waals surface area contributed by atoms with E-state index in [4.69, 9.17) is 4.42 Å². The largest absolute Gasteiger partial charge is 0.418 e. The van der Waals surface area contributed by atoms with Crippen LogP contribution in [-0.2, 0) is 0 Å². The molecule has 37 heavy (non-hydrogen) atoms. The van der Waals surface area contributed by atoms with E-state index in [-0.39, 0.29) is 0 Å². The van der Waals surface area contributed by atoms with Gasteiger partial charge in [-0.2, -0.15) is 0 Å². The van der Waals surface area contributed by atoms with Gasteiger partial charge in [-0.1, -0.05) is 66.7 Å². The minimum atomic E-state index is 0.501. The molecule has 0 amide bonds. The van der Waals surface area contributed by atoms with Crippen LogP contribution in [0.2, 0.25) is 0 Å². The lowest BCUT2D eigenvalue weighted by molar-refractivity contribution is 0.552. The van der Waals surface area contributed by atoms with Gasteiger partial charge in [0.25, 0.3) is 0 Å². The quantitative estimate of drug-likeness (QED) is 0.260. The molecule has 8 aromatic rings. The molecule has 0 N–H and O–H groups in total. The molecular formula is C32H20N4O. The molecule has 5 nitrogen and oxygen atoms in total. The number of para-hydroxylation sites is 3. The molecule has 0 aliphatic carbocycles. The molecule has 0 bridgehead atoms.